The zero-order valence-electron chi connectivity index (χ0n) is 18.9. The molecule has 0 amide bonds. The van der Waals surface area contributed by atoms with Gasteiger partial charge in [0.05, 0.1) is 6.26 Å². The van der Waals surface area contributed by atoms with Gasteiger partial charge >= 0.3 is 5.97 Å². The zero-order chi connectivity index (χ0) is 22.2. The zero-order valence-corrected chi connectivity index (χ0v) is 18.9. The van der Waals surface area contributed by atoms with Crippen LogP contribution in [0.15, 0.2) is 71.1 Å². The Morgan fingerprint density at radius 2 is 2.06 bits per heavy atom. The lowest BCUT2D eigenvalue weighted by Gasteiger charge is -2.32. The lowest BCUT2D eigenvalue weighted by atomic mass is 9.83. The van der Waals surface area contributed by atoms with E-state index in [-0.39, 0.29) is 12.9 Å². The molecule has 1 atom stereocenters. The number of hydrogen-bond donors (Lipinski definition) is 1. The van der Waals surface area contributed by atoms with Gasteiger partial charge in [0.25, 0.3) is 0 Å². The largest absolute Gasteiger partial charge is 0.481 e. The number of unbranched alkanes of at least 4 members (excludes halogenated alkanes) is 1. The second-order valence-electron chi connectivity index (χ2n) is 9.07. The summed E-state index contributed by atoms with van der Waals surface area (Å²) in [5, 5.41) is 8.77. The molecule has 0 radical (unpaired) electrons. The molecule has 4 rings (SSSR count). The maximum absolute atomic E-state index is 10.6. The van der Waals surface area contributed by atoms with Gasteiger partial charge in [-0.2, -0.15) is 0 Å². The number of allylic oxidation sites excluding steroid dienone is 7. The van der Waals surface area contributed by atoms with Crippen LogP contribution in [0.1, 0.15) is 51.4 Å². The second kappa shape index (κ2) is 11.5. The van der Waals surface area contributed by atoms with Crippen LogP contribution in [0.5, 0.6) is 0 Å². The van der Waals surface area contributed by atoms with E-state index >= 15 is 0 Å². The predicted molar refractivity (Wildman–Crippen MR) is 126 cm³/mol. The summed E-state index contributed by atoms with van der Waals surface area (Å²) < 4.78 is 11.5. The highest BCUT2D eigenvalue weighted by atomic mass is 16.7. The van der Waals surface area contributed by atoms with Crippen molar-refractivity contribution in [2.24, 2.45) is 5.92 Å². The van der Waals surface area contributed by atoms with Crippen molar-refractivity contribution in [1.82, 2.24) is 4.90 Å². The van der Waals surface area contributed by atoms with Gasteiger partial charge in [-0.3, -0.25) is 4.79 Å². The van der Waals surface area contributed by atoms with Crippen molar-refractivity contribution < 1.29 is 19.4 Å². The van der Waals surface area contributed by atoms with E-state index in [2.05, 4.69) is 41.4 Å². The topological polar surface area (TPSA) is 59.0 Å². The summed E-state index contributed by atoms with van der Waals surface area (Å²) in [5.74, 6) is 0.0899. The summed E-state index contributed by atoms with van der Waals surface area (Å²) in [6.07, 6.45) is 24.8. The normalized spacial score (nSPS) is 25.1. The molecule has 1 N–H and O–H groups in total. The molecule has 5 heteroatoms. The van der Waals surface area contributed by atoms with Crippen LogP contribution in [-0.4, -0.2) is 48.5 Å². The van der Waals surface area contributed by atoms with Crippen molar-refractivity contribution in [3.8, 4) is 0 Å². The fourth-order valence-electron chi connectivity index (χ4n) is 5.08. The number of fused-ring (bicyclic) bond motifs is 2. The van der Waals surface area contributed by atoms with Crippen LogP contribution in [0.2, 0.25) is 0 Å². The number of carboxylic acids is 1. The van der Waals surface area contributed by atoms with Gasteiger partial charge < -0.3 is 19.5 Å². The maximum atomic E-state index is 10.6. The Labute approximate surface area is 191 Å². The average Bonchev–Trinajstić information content (AvgIpc) is 2.79. The standard InChI is InChI=1S/C27H35NO4/c29-26(30)13-4-1-7-21-14-17-28(18-15-21)16-6-10-22-8-5-9-23-19-31-20-32-25-12-3-2-11-24(25)27(22)23/h2-3,5,9-12,19,21,25H,1,4,6-8,13-18,20H2,(H,29,30). The molecule has 2 aliphatic carbocycles. The monoisotopic (exact) mass is 437 g/mol. The quantitative estimate of drug-likeness (QED) is 0.522. The Morgan fingerprint density at radius 1 is 1.19 bits per heavy atom. The van der Waals surface area contributed by atoms with E-state index in [0.717, 1.165) is 56.8 Å². The van der Waals surface area contributed by atoms with Crippen molar-refractivity contribution in [1.29, 1.82) is 0 Å². The number of ether oxygens (including phenoxy) is 2. The van der Waals surface area contributed by atoms with Crippen LogP contribution < -0.4 is 0 Å². The van der Waals surface area contributed by atoms with Crippen LogP contribution in [0.3, 0.4) is 0 Å². The molecule has 0 aromatic rings. The van der Waals surface area contributed by atoms with Gasteiger partial charge in [0.2, 0.25) is 0 Å². The summed E-state index contributed by atoms with van der Waals surface area (Å²) in [6, 6.07) is 0. The Balaban J connectivity index is 1.31. The van der Waals surface area contributed by atoms with Crippen molar-refractivity contribution in [3.63, 3.8) is 0 Å². The highest BCUT2D eigenvalue weighted by Crippen LogP contribution is 2.36. The molecule has 5 nitrogen and oxygen atoms in total. The van der Waals surface area contributed by atoms with Crippen LogP contribution in [0, 0.1) is 5.92 Å². The minimum absolute atomic E-state index is 0.0527. The van der Waals surface area contributed by atoms with E-state index < -0.39 is 5.97 Å². The minimum atomic E-state index is -0.674. The minimum Gasteiger partial charge on any atom is -0.481 e. The maximum Gasteiger partial charge on any atom is 0.303 e. The van der Waals surface area contributed by atoms with Gasteiger partial charge in [-0.25, -0.2) is 0 Å². The third-order valence-corrected chi connectivity index (χ3v) is 6.84. The molecule has 32 heavy (non-hydrogen) atoms. The number of aliphatic carboxylic acids is 1. The molecule has 1 unspecified atom stereocenters. The number of piperidine rings is 1. The van der Waals surface area contributed by atoms with Gasteiger partial charge in [-0.05, 0) is 67.8 Å². The molecular weight excluding hydrogens is 402 g/mol. The summed E-state index contributed by atoms with van der Waals surface area (Å²) >= 11 is 0. The highest BCUT2D eigenvalue weighted by Gasteiger charge is 2.24. The van der Waals surface area contributed by atoms with Gasteiger partial charge in [-0.15, -0.1) is 0 Å². The number of likely N-dealkylation sites (tertiary alicyclic amines) is 1. The molecule has 4 aliphatic rings. The number of carbonyl (C=O) groups is 1. The van der Waals surface area contributed by atoms with Crippen molar-refractivity contribution in [2.75, 3.05) is 26.4 Å². The first kappa shape index (κ1) is 22.8. The first-order valence-corrected chi connectivity index (χ1v) is 12.0. The SMILES string of the molecule is O=C(O)CCCCC1CCN(CCC=C2CC=CC3=COCOC4C=CC=CC4=C32)CC1. The lowest BCUT2D eigenvalue weighted by molar-refractivity contribution is -0.137. The Morgan fingerprint density at radius 3 is 2.91 bits per heavy atom. The number of carboxylic acid groups (broad SMARTS) is 1. The third-order valence-electron chi connectivity index (χ3n) is 6.84. The summed E-state index contributed by atoms with van der Waals surface area (Å²) in [7, 11) is 0. The lowest BCUT2D eigenvalue weighted by Crippen LogP contribution is -2.34. The molecule has 1 fully saturated rings. The molecule has 0 aromatic carbocycles. The van der Waals surface area contributed by atoms with Crippen molar-refractivity contribution in [2.45, 2.75) is 57.5 Å². The molecule has 0 aromatic heterocycles. The molecule has 2 aliphatic heterocycles. The summed E-state index contributed by atoms with van der Waals surface area (Å²) in [4.78, 5) is 13.2. The average molecular weight is 438 g/mol. The van der Waals surface area contributed by atoms with Crippen LogP contribution in [0.4, 0.5) is 0 Å². The van der Waals surface area contributed by atoms with Crippen molar-refractivity contribution >= 4 is 5.97 Å². The van der Waals surface area contributed by atoms with Crippen LogP contribution >= 0.6 is 0 Å². The van der Waals surface area contributed by atoms with Gasteiger partial charge in [0.1, 0.15) is 6.10 Å². The van der Waals surface area contributed by atoms with E-state index in [1.807, 2.05) is 12.3 Å². The Kier molecular flexibility index (Phi) is 8.18. The van der Waals surface area contributed by atoms with Crippen molar-refractivity contribution in [3.05, 3.63) is 71.1 Å². The van der Waals surface area contributed by atoms with Gasteiger partial charge in [-0.1, -0.05) is 55.4 Å². The smallest absolute Gasteiger partial charge is 0.303 e. The summed E-state index contributed by atoms with van der Waals surface area (Å²) in [5.41, 5.74) is 4.98. The first-order valence-electron chi connectivity index (χ1n) is 12.0. The predicted octanol–water partition coefficient (Wildman–Crippen LogP) is 5.30. The first-order chi connectivity index (χ1) is 15.7. The van der Waals surface area contributed by atoms with Gasteiger partial charge in [0, 0.05) is 18.5 Å². The van der Waals surface area contributed by atoms with Gasteiger partial charge in [0.15, 0.2) is 6.79 Å². The van der Waals surface area contributed by atoms with Crippen LogP contribution in [0.25, 0.3) is 0 Å². The molecule has 2 heterocycles. The fourth-order valence-corrected chi connectivity index (χ4v) is 5.08. The third kappa shape index (κ3) is 6.11. The van der Waals surface area contributed by atoms with E-state index in [0.29, 0.717) is 6.42 Å². The second-order valence-corrected chi connectivity index (χ2v) is 9.07. The van der Waals surface area contributed by atoms with E-state index in [4.69, 9.17) is 14.6 Å². The number of rotatable bonds is 8. The Hall–Kier alpha value is -2.37. The molecule has 172 valence electrons. The highest BCUT2D eigenvalue weighted by molar-refractivity contribution is 5.66. The van der Waals surface area contributed by atoms with Crippen LogP contribution in [-0.2, 0) is 14.3 Å². The number of hydrogen-bond acceptors (Lipinski definition) is 4. The van der Waals surface area contributed by atoms with E-state index in [9.17, 15) is 4.79 Å². The summed E-state index contributed by atoms with van der Waals surface area (Å²) in [6.45, 7) is 3.67. The van der Waals surface area contributed by atoms with E-state index in [1.165, 1.54) is 36.0 Å². The molecular formula is C27H35NO4. The molecule has 0 bridgehead atoms. The molecule has 0 spiro atoms. The molecule has 1 saturated heterocycles. The fraction of sp³-hybridized carbons (Fsp3) is 0.519. The number of nitrogens with zero attached hydrogens (tertiary/aromatic N) is 1. The molecule has 0 saturated carbocycles. The van der Waals surface area contributed by atoms with E-state index in [1.54, 1.807) is 0 Å². The Bertz CT molecular complexity index is 853.